The van der Waals surface area contributed by atoms with Gasteiger partial charge in [0.15, 0.2) is 0 Å². The number of fused-ring (bicyclic) bond motifs is 3. The Morgan fingerprint density at radius 2 is 2.11 bits per heavy atom. The molecule has 1 saturated heterocycles. The fourth-order valence-corrected chi connectivity index (χ4v) is 3.84. The van der Waals surface area contributed by atoms with Crippen LogP contribution in [-0.4, -0.2) is 37.3 Å². The zero-order chi connectivity index (χ0) is 19.3. The summed E-state index contributed by atoms with van der Waals surface area (Å²) in [7, 11) is 0. The maximum atomic E-state index is 13.5. The Labute approximate surface area is 160 Å². The van der Waals surface area contributed by atoms with Crippen LogP contribution in [0.2, 0.25) is 0 Å². The molecule has 0 aliphatic carbocycles. The third-order valence-corrected chi connectivity index (χ3v) is 5.55. The average molecular weight is 379 g/mol. The second kappa shape index (κ2) is 6.56. The molecule has 1 aliphatic rings. The summed E-state index contributed by atoms with van der Waals surface area (Å²) in [5, 5.41) is 4.10. The first-order chi connectivity index (χ1) is 13.7. The van der Waals surface area contributed by atoms with Gasteiger partial charge in [0.1, 0.15) is 17.5 Å². The van der Waals surface area contributed by atoms with E-state index in [4.69, 9.17) is 9.26 Å². The predicted octanol–water partition coefficient (Wildman–Crippen LogP) is 3.17. The molecule has 2 atom stereocenters. The summed E-state index contributed by atoms with van der Waals surface area (Å²) < 4.78 is 14.5. The molecule has 4 aromatic rings. The van der Waals surface area contributed by atoms with Gasteiger partial charge in [0.25, 0.3) is 5.56 Å². The van der Waals surface area contributed by atoms with E-state index >= 15 is 0 Å². The maximum absolute atomic E-state index is 13.5. The van der Waals surface area contributed by atoms with Gasteiger partial charge in [0.05, 0.1) is 23.6 Å². The third-order valence-electron chi connectivity index (χ3n) is 5.55. The number of aromatic nitrogens is 5. The summed E-state index contributed by atoms with van der Waals surface area (Å²) >= 11 is 0. The van der Waals surface area contributed by atoms with Gasteiger partial charge >= 0.3 is 0 Å². The molecule has 0 saturated carbocycles. The normalized spacial score (nSPS) is 18.3. The molecule has 1 fully saturated rings. The molecular formula is C20H21N5O3. The van der Waals surface area contributed by atoms with Crippen LogP contribution in [0.4, 0.5) is 0 Å². The summed E-state index contributed by atoms with van der Waals surface area (Å²) in [5.41, 5.74) is 2.62. The molecule has 8 heteroatoms. The van der Waals surface area contributed by atoms with Crippen LogP contribution in [0.3, 0.4) is 0 Å². The van der Waals surface area contributed by atoms with Crippen molar-refractivity contribution < 1.29 is 9.26 Å². The standard InChI is InChI=1S/C20H21N5O3/c1-3-12(2)25-15-7-5-4-6-14(15)24-11-21-16(17(24)20(25)26)18-22-19(28-23-18)13-8-9-27-10-13/h4-7,11-13H,3,8-10H2,1-2H3. The second-order valence-corrected chi connectivity index (χ2v) is 7.25. The quantitative estimate of drug-likeness (QED) is 0.541. The van der Waals surface area contributed by atoms with E-state index in [-0.39, 0.29) is 17.5 Å². The van der Waals surface area contributed by atoms with E-state index in [1.165, 1.54) is 0 Å². The maximum Gasteiger partial charge on any atom is 0.278 e. The van der Waals surface area contributed by atoms with Crippen molar-refractivity contribution in [3.8, 4) is 11.5 Å². The molecule has 0 spiro atoms. The van der Waals surface area contributed by atoms with E-state index in [9.17, 15) is 4.79 Å². The van der Waals surface area contributed by atoms with Gasteiger partial charge in [0, 0.05) is 12.6 Å². The molecule has 3 aromatic heterocycles. The van der Waals surface area contributed by atoms with E-state index in [1.54, 1.807) is 6.33 Å². The lowest BCUT2D eigenvalue weighted by Crippen LogP contribution is -2.25. The van der Waals surface area contributed by atoms with Crippen LogP contribution < -0.4 is 5.56 Å². The SMILES string of the molecule is CCC(C)n1c(=O)c2c(-c3noc(C4CCOC4)n3)ncn2c2ccccc21. The zero-order valence-electron chi connectivity index (χ0n) is 15.8. The second-order valence-electron chi connectivity index (χ2n) is 7.25. The minimum absolute atomic E-state index is 0.0571. The van der Waals surface area contributed by atoms with E-state index in [0.717, 1.165) is 23.9 Å². The minimum Gasteiger partial charge on any atom is -0.381 e. The molecule has 0 N–H and O–H groups in total. The van der Waals surface area contributed by atoms with Crippen LogP contribution in [-0.2, 0) is 4.74 Å². The van der Waals surface area contributed by atoms with Crippen LogP contribution in [0, 0.1) is 0 Å². The highest BCUT2D eigenvalue weighted by Gasteiger charge is 2.26. The number of imidazole rings is 1. The Bertz CT molecular complexity index is 1220. The Morgan fingerprint density at radius 1 is 1.29 bits per heavy atom. The van der Waals surface area contributed by atoms with Gasteiger partial charge in [-0.3, -0.25) is 9.20 Å². The number of nitrogens with zero attached hydrogens (tertiary/aromatic N) is 5. The van der Waals surface area contributed by atoms with Gasteiger partial charge in [-0.05, 0) is 31.9 Å². The average Bonchev–Trinajstić information content (AvgIpc) is 3.47. The monoisotopic (exact) mass is 379 g/mol. The third kappa shape index (κ3) is 2.48. The van der Waals surface area contributed by atoms with Gasteiger partial charge in [0.2, 0.25) is 11.7 Å². The van der Waals surface area contributed by atoms with Crippen molar-refractivity contribution in [3.63, 3.8) is 0 Å². The van der Waals surface area contributed by atoms with Crippen LogP contribution in [0.1, 0.15) is 44.5 Å². The minimum atomic E-state index is -0.101. The lowest BCUT2D eigenvalue weighted by atomic mass is 10.1. The molecule has 0 radical (unpaired) electrons. The first-order valence-electron chi connectivity index (χ1n) is 9.61. The Kier molecular flexibility index (Phi) is 4.01. The summed E-state index contributed by atoms with van der Waals surface area (Å²) in [6.45, 7) is 5.40. The number of para-hydroxylation sites is 2. The van der Waals surface area contributed by atoms with Crippen molar-refractivity contribution in [2.75, 3.05) is 13.2 Å². The Hall–Kier alpha value is -3.00. The van der Waals surface area contributed by atoms with Crippen molar-refractivity contribution in [2.24, 2.45) is 0 Å². The number of hydrogen-bond donors (Lipinski definition) is 0. The molecular weight excluding hydrogens is 358 g/mol. The van der Waals surface area contributed by atoms with Crippen LogP contribution in [0.15, 0.2) is 39.9 Å². The highest BCUT2D eigenvalue weighted by Crippen LogP contribution is 2.28. The van der Waals surface area contributed by atoms with E-state index in [2.05, 4.69) is 22.0 Å². The van der Waals surface area contributed by atoms with E-state index in [0.29, 0.717) is 36.1 Å². The molecule has 28 heavy (non-hydrogen) atoms. The smallest absolute Gasteiger partial charge is 0.278 e. The van der Waals surface area contributed by atoms with Crippen LogP contribution >= 0.6 is 0 Å². The van der Waals surface area contributed by atoms with Crippen molar-refractivity contribution in [3.05, 3.63) is 46.8 Å². The largest absolute Gasteiger partial charge is 0.381 e. The molecule has 0 bridgehead atoms. The molecule has 5 rings (SSSR count). The summed E-state index contributed by atoms with van der Waals surface area (Å²) in [4.78, 5) is 22.5. The fourth-order valence-electron chi connectivity index (χ4n) is 3.84. The summed E-state index contributed by atoms with van der Waals surface area (Å²) in [6.07, 6.45) is 3.36. The molecule has 1 aliphatic heterocycles. The highest BCUT2D eigenvalue weighted by atomic mass is 16.5. The lowest BCUT2D eigenvalue weighted by Gasteiger charge is -2.17. The molecule has 144 valence electrons. The number of ether oxygens (including phenoxy) is 1. The van der Waals surface area contributed by atoms with Crippen molar-refractivity contribution in [1.29, 1.82) is 0 Å². The number of rotatable bonds is 4. The van der Waals surface area contributed by atoms with Crippen molar-refractivity contribution >= 4 is 16.6 Å². The first-order valence-corrected chi connectivity index (χ1v) is 9.61. The summed E-state index contributed by atoms with van der Waals surface area (Å²) in [6, 6.07) is 7.92. The Morgan fingerprint density at radius 3 is 2.86 bits per heavy atom. The van der Waals surface area contributed by atoms with Gasteiger partial charge in [-0.1, -0.05) is 24.2 Å². The van der Waals surface area contributed by atoms with Crippen LogP contribution in [0.5, 0.6) is 0 Å². The molecule has 4 heterocycles. The topological polar surface area (TPSA) is 87.5 Å². The van der Waals surface area contributed by atoms with E-state index < -0.39 is 0 Å². The van der Waals surface area contributed by atoms with Crippen molar-refractivity contribution in [1.82, 2.24) is 24.1 Å². The molecule has 8 nitrogen and oxygen atoms in total. The number of hydrogen-bond acceptors (Lipinski definition) is 6. The number of benzene rings is 1. The lowest BCUT2D eigenvalue weighted by molar-refractivity contribution is 0.189. The van der Waals surface area contributed by atoms with E-state index in [1.807, 2.05) is 40.2 Å². The predicted molar refractivity (Wildman–Crippen MR) is 103 cm³/mol. The highest BCUT2D eigenvalue weighted by molar-refractivity contribution is 5.83. The molecule has 1 aromatic carbocycles. The van der Waals surface area contributed by atoms with Gasteiger partial charge in [-0.25, -0.2) is 4.98 Å². The fraction of sp³-hybridized carbons (Fsp3) is 0.400. The van der Waals surface area contributed by atoms with Crippen LogP contribution in [0.25, 0.3) is 28.1 Å². The van der Waals surface area contributed by atoms with Gasteiger partial charge in [-0.2, -0.15) is 4.98 Å². The van der Waals surface area contributed by atoms with Gasteiger partial charge < -0.3 is 13.8 Å². The Balaban J connectivity index is 1.76. The molecule has 2 unspecified atom stereocenters. The zero-order valence-corrected chi connectivity index (χ0v) is 15.8. The van der Waals surface area contributed by atoms with Gasteiger partial charge in [-0.15, -0.1) is 0 Å². The summed E-state index contributed by atoms with van der Waals surface area (Å²) in [5.74, 6) is 0.983. The van der Waals surface area contributed by atoms with Crippen molar-refractivity contribution in [2.45, 2.75) is 38.6 Å². The first kappa shape index (κ1) is 17.1. The molecule has 0 amide bonds.